The van der Waals surface area contributed by atoms with E-state index < -0.39 is 0 Å². The number of ether oxygens (including phenoxy) is 2. The van der Waals surface area contributed by atoms with E-state index >= 15 is 0 Å². The van der Waals surface area contributed by atoms with Crippen LogP contribution < -0.4 is 10.3 Å². The number of aryl methyl sites for hydroxylation is 2. The average molecular weight is 612 g/mol. The number of rotatable bonds is 8. The van der Waals surface area contributed by atoms with Crippen LogP contribution in [-0.2, 0) is 23.1 Å². The van der Waals surface area contributed by atoms with E-state index in [1.165, 1.54) is 23.1 Å². The third kappa shape index (κ3) is 5.30. The van der Waals surface area contributed by atoms with Gasteiger partial charge >= 0.3 is 5.97 Å². The number of thiophene rings is 1. The van der Waals surface area contributed by atoms with Crippen molar-refractivity contribution in [3.63, 3.8) is 0 Å². The predicted molar refractivity (Wildman–Crippen MR) is 171 cm³/mol. The molecule has 0 radical (unpaired) electrons. The topological polar surface area (TPSA) is 102 Å². The number of esters is 1. The van der Waals surface area contributed by atoms with Gasteiger partial charge in [-0.25, -0.2) is 4.68 Å². The number of hydrogen-bond acceptors (Lipinski definition) is 8. The maximum Gasteiger partial charge on any atom is 0.306 e. The molecule has 3 aromatic heterocycles. The number of fused-ring (bicyclic) bond motifs is 3. The Morgan fingerprint density at radius 3 is 2.84 bits per heavy atom. The average Bonchev–Trinajstić information content (AvgIpc) is 3.65. The van der Waals surface area contributed by atoms with E-state index in [0.29, 0.717) is 19.1 Å². The van der Waals surface area contributed by atoms with Crippen molar-refractivity contribution in [3.05, 3.63) is 86.1 Å². The number of hydrogen-bond donors (Lipinski definition) is 1. The van der Waals surface area contributed by atoms with Crippen molar-refractivity contribution in [1.82, 2.24) is 24.9 Å². The molecule has 0 bridgehead atoms. The van der Waals surface area contributed by atoms with Crippen LogP contribution in [0.5, 0.6) is 5.75 Å². The Hall–Kier alpha value is -4.02. The van der Waals surface area contributed by atoms with Crippen molar-refractivity contribution in [2.75, 3.05) is 13.2 Å². The lowest BCUT2D eigenvalue weighted by molar-refractivity contribution is -0.143. The molecule has 1 N–H and O–H groups in total. The molecule has 1 fully saturated rings. The third-order valence-electron chi connectivity index (χ3n) is 9.27. The highest BCUT2D eigenvalue weighted by molar-refractivity contribution is 7.17. The minimum atomic E-state index is -0.228. The molecule has 4 heterocycles. The monoisotopic (exact) mass is 611 g/mol. The van der Waals surface area contributed by atoms with Crippen molar-refractivity contribution >= 4 is 38.4 Å². The van der Waals surface area contributed by atoms with E-state index in [1.54, 1.807) is 22.1 Å². The molecule has 10 heteroatoms. The molecule has 1 aliphatic carbocycles. The summed E-state index contributed by atoms with van der Waals surface area (Å²) in [6, 6.07) is 14.1. The number of carbonyl (C=O) groups is 1. The third-order valence-corrected chi connectivity index (χ3v) is 10.3. The van der Waals surface area contributed by atoms with E-state index in [2.05, 4.69) is 63.7 Å². The van der Waals surface area contributed by atoms with Gasteiger partial charge in [0, 0.05) is 36.8 Å². The Kier molecular flexibility index (Phi) is 7.50. The van der Waals surface area contributed by atoms with Crippen LogP contribution >= 0.6 is 11.3 Å². The molecule has 44 heavy (non-hydrogen) atoms. The molecule has 7 rings (SSSR count). The Labute approximate surface area is 259 Å². The van der Waals surface area contributed by atoms with Gasteiger partial charge in [0.2, 0.25) is 5.56 Å². The van der Waals surface area contributed by atoms with Gasteiger partial charge in [0.1, 0.15) is 17.4 Å². The zero-order chi connectivity index (χ0) is 30.5. The van der Waals surface area contributed by atoms with Crippen molar-refractivity contribution in [1.29, 1.82) is 0 Å². The first-order chi connectivity index (χ1) is 21.3. The second-order valence-corrected chi connectivity index (χ2v) is 13.1. The van der Waals surface area contributed by atoms with E-state index in [4.69, 9.17) is 9.47 Å². The van der Waals surface area contributed by atoms with Gasteiger partial charge in [-0.3, -0.25) is 14.5 Å². The summed E-state index contributed by atoms with van der Waals surface area (Å²) in [6.45, 7) is 7.84. The second-order valence-electron chi connectivity index (χ2n) is 12.1. The van der Waals surface area contributed by atoms with E-state index in [1.807, 2.05) is 26.1 Å². The highest BCUT2D eigenvalue weighted by atomic mass is 32.1. The molecule has 1 saturated carbocycles. The van der Waals surface area contributed by atoms with Gasteiger partial charge in [0.25, 0.3) is 0 Å². The molecule has 0 amide bonds. The number of benzene rings is 2. The van der Waals surface area contributed by atoms with Crippen LogP contribution in [0, 0.1) is 12.8 Å². The lowest BCUT2D eigenvalue weighted by Gasteiger charge is -2.29. The van der Waals surface area contributed by atoms with Crippen molar-refractivity contribution in [3.8, 4) is 5.75 Å². The van der Waals surface area contributed by atoms with Crippen LogP contribution in [-0.4, -0.2) is 50.1 Å². The minimum Gasteiger partial charge on any atom is -0.487 e. The lowest BCUT2D eigenvalue weighted by atomic mass is 9.84. The van der Waals surface area contributed by atoms with Crippen LogP contribution in [0.3, 0.4) is 0 Å². The predicted octanol–water partition coefficient (Wildman–Crippen LogP) is 6.00. The zero-order valence-electron chi connectivity index (χ0n) is 25.5. The number of aromatic nitrogens is 4. The standard InChI is InChI=1S/C34H37N5O4S/c1-5-42-31(41)16-26(25-8-9-27-32(19(25)2)36-37-38(27)4)23-14-22-12-13-44-34(22)24(15-23)17-39-18-29(21-6-7-21)43-28-10-11-30(40)35-33(28)20(39)3/h8-15,20-21,26,29H,5-7,16-18H2,1-4H3,(H,35,40)/t20?,26-,29+/m1/s1. The van der Waals surface area contributed by atoms with Crippen molar-refractivity contribution in [2.45, 2.75) is 64.6 Å². The molecular weight excluding hydrogens is 574 g/mol. The normalized spacial score (nSPS) is 19.5. The fourth-order valence-corrected chi connectivity index (χ4v) is 7.61. The van der Waals surface area contributed by atoms with Gasteiger partial charge in [0.05, 0.1) is 30.3 Å². The summed E-state index contributed by atoms with van der Waals surface area (Å²) >= 11 is 1.73. The van der Waals surface area contributed by atoms with Crippen molar-refractivity contribution < 1.29 is 14.3 Å². The Morgan fingerprint density at radius 2 is 2.05 bits per heavy atom. The van der Waals surface area contributed by atoms with Gasteiger partial charge in [-0.2, -0.15) is 0 Å². The molecule has 1 aliphatic heterocycles. The fraction of sp³-hybridized carbons (Fsp3) is 0.412. The Morgan fingerprint density at radius 1 is 1.20 bits per heavy atom. The first kappa shape index (κ1) is 28.7. The van der Waals surface area contributed by atoms with Gasteiger partial charge in [-0.05, 0) is 96.8 Å². The Bertz CT molecular complexity index is 1920. The molecule has 228 valence electrons. The smallest absolute Gasteiger partial charge is 0.306 e. The number of pyridine rings is 1. The van der Waals surface area contributed by atoms with Crippen LogP contribution in [0.4, 0.5) is 0 Å². The quantitative estimate of drug-likeness (QED) is 0.215. The first-order valence-electron chi connectivity index (χ1n) is 15.4. The lowest BCUT2D eigenvalue weighted by Crippen LogP contribution is -2.35. The number of H-pyrrole nitrogens is 1. The second kappa shape index (κ2) is 11.5. The summed E-state index contributed by atoms with van der Waals surface area (Å²) in [5.41, 5.74) is 6.82. The highest BCUT2D eigenvalue weighted by Gasteiger charge is 2.38. The van der Waals surface area contributed by atoms with Gasteiger partial charge in [-0.15, -0.1) is 16.4 Å². The Balaban J connectivity index is 1.31. The highest BCUT2D eigenvalue weighted by Crippen LogP contribution is 2.42. The number of nitrogens with one attached hydrogen (secondary N) is 1. The maximum atomic E-state index is 13.0. The molecular formula is C34H37N5O4S. The molecule has 2 aliphatic rings. The SMILES string of the molecule is CCOC(=O)C[C@H](c1cc(CN2C[C@@H](C3CC3)Oc3ccc(=O)[nH]c3C2C)c2sccc2c1)c1ccc2c(nnn2C)c1C. The van der Waals surface area contributed by atoms with E-state index in [9.17, 15) is 9.59 Å². The van der Waals surface area contributed by atoms with Crippen LogP contribution in [0.2, 0.25) is 0 Å². The number of nitrogens with zero attached hydrogens (tertiary/aromatic N) is 4. The fourth-order valence-electron chi connectivity index (χ4n) is 6.72. The molecule has 2 aromatic carbocycles. The molecule has 9 nitrogen and oxygen atoms in total. The molecule has 5 aromatic rings. The van der Waals surface area contributed by atoms with Crippen LogP contribution in [0.1, 0.15) is 73.0 Å². The summed E-state index contributed by atoms with van der Waals surface area (Å²) in [7, 11) is 1.89. The first-order valence-corrected chi connectivity index (χ1v) is 16.3. The number of aromatic amines is 1. The molecule has 0 spiro atoms. The largest absolute Gasteiger partial charge is 0.487 e. The van der Waals surface area contributed by atoms with Crippen LogP contribution in [0.25, 0.3) is 21.1 Å². The summed E-state index contributed by atoms with van der Waals surface area (Å²) < 4.78 is 15.0. The summed E-state index contributed by atoms with van der Waals surface area (Å²) in [5, 5.41) is 11.9. The van der Waals surface area contributed by atoms with Gasteiger partial charge in [-0.1, -0.05) is 17.3 Å². The maximum absolute atomic E-state index is 13.0. The minimum absolute atomic E-state index is 0.0436. The van der Waals surface area contributed by atoms with E-state index in [-0.39, 0.29) is 36.0 Å². The van der Waals surface area contributed by atoms with Gasteiger partial charge in [0.15, 0.2) is 0 Å². The van der Waals surface area contributed by atoms with Gasteiger partial charge < -0.3 is 14.5 Å². The molecule has 3 atom stereocenters. The number of carbonyl (C=O) groups excluding carboxylic acids is 1. The molecule has 1 unspecified atom stereocenters. The molecule has 0 saturated heterocycles. The summed E-state index contributed by atoms with van der Waals surface area (Å²) in [6.07, 6.45) is 2.63. The summed E-state index contributed by atoms with van der Waals surface area (Å²) in [5.74, 6) is 0.860. The summed E-state index contributed by atoms with van der Waals surface area (Å²) in [4.78, 5) is 30.9. The van der Waals surface area contributed by atoms with Crippen LogP contribution in [0.15, 0.2) is 52.6 Å². The zero-order valence-corrected chi connectivity index (χ0v) is 26.3. The van der Waals surface area contributed by atoms with E-state index in [0.717, 1.165) is 51.1 Å². The van der Waals surface area contributed by atoms with Crippen molar-refractivity contribution in [2.24, 2.45) is 13.0 Å².